The minimum Gasteiger partial charge on any atom is -0.410 e. The first-order valence-corrected chi connectivity index (χ1v) is 18.7. The molecule has 1 saturated heterocycles. The van der Waals surface area contributed by atoms with Crippen LogP contribution in [0.2, 0.25) is 0 Å². The van der Waals surface area contributed by atoms with Gasteiger partial charge in [0.15, 0.2) is 6.29 Å². The first-order chi connectivity index (χ1) is 22.1. The van der Waals surface area contributed by atoms with Crippen LogP contribution in [0.3, 0.4) is 0 Å². The van der Waals surface area contributed by atoms with Gasteiger partial charge in [0.1, 0.15) is 11.5 Å². The van der Waals surface area contributed by atoms with E-state index in [0.717, 1.165) is 48.7 Å². The second-order valence-corrected chi connectivity index (χ2v) is 14.0. The normalized spacial score (nSPS) is 22.0. The van der Waals surface area contributed by atoms with Gasteiger partial charge in [-0.15, -0.1) is 5.10 Å². The fourth-order valence-corrected chi connectivity index (χ4v) is 6.44. The fraction of sp³-hybridized carbons (Fsp3) is 0.545. The maximum absolute atomic E-state index is 12.7. The van der Waals surface area contributed by atoms with Crippen molar-refractivity contribution in [3.63, 3.8) is 0 Å². The lowest BCUT2D eigenvalue weighted by Gasteiger charge is -2.44. The molecule has 46 heavy (non-hydrogen) atoms. The summed E-state index contributed by atoms with van der Waals surface area (Å²) in [5.74, 6) is -0.584. The molecule has 13 heteroatoms. The molecule has 0 aliphatic carbocycles. The molecule has 7 unspecified atom stereocenters. The van der Waals surface area contributed by atoms with Crippen LogP contribution in [0.25, 0.3) is 22.0 Å². The minimum absolute atomic E-state index is 0.0145. The lowest BCUT2D eigenvalue weighted by atomic mass is 9.82. The van der Waals surface area contributed by atoms with Crippen molar-refractivity contribution in [2.45, 2.75) is 97.1 Å². The summed E-state index contributed by atoms with van der Waals surface area (Å²) in [6.45, 7) is 6.74. The first kappa shape index (κ1) is 36.0. The number of ketones is 1. The highest BCUT2D eigenvalue weighted by atomic mass is 32.0. The van der Waals surface area contributed by atoms with Gasteiger partial charge in [0, 0.05) is 31.9 Å². The topological polar surface area (TPSA) is 122 Å². The van der Waals surface area contributed by atoms with Crippen molar-refractivity contribution in [3.8, 4) is 11.3 Å². The molecular formula is C33H45FN4O6P2. The largest absolute Gasteiger partial charge is 0.410 e. The second kappa shape index (κ2) is 17.9. The molecule has 1 aliphatic rings. The Morgan fingerprint density at radius 2 is 1.74 bits per heavy atom. The van der Waals surface area contributed by atoms with E-state index in [0.29, 0.717) is 19.6 Å². The Kier molecular flexibility index (Phi) is 14.0. The third-order valence-corrected chi connectivity index (χ3v) is 9.28. The summed E-state index contributed by atoms with van der Waals surface area (Å²) in [5, 5.41) is 14.2. The third-order valence-electron chi connectivity index (χ3n) is 8.58. The molecule has 1 amide bonds. The summed E-state index contributed by atoms with van der Waals surface area (Å²) in [6.07, 6.45) is 5.89. The van der Waals surface area contributed by atoms with E-state index >= 15 is 0 Å². The number of nitrogens with zero attached hydrogens (tertiary/aromatic N) is 3. The number of Topliss-reactive ketones (excluding diaryl/α,β-unsaturated/α-hetero) is 1. The molecule has 7 atom stereocenters. The number of halogens is 1. The summed E-state index contributed by atoms with van der Waals surface area (Å²) >= 11 is 0. The van der Waals surface area contributed by atoms with E-state index in [1.54, 1.807) is 8.93 Å². The number of carbonyl (C=O) groups is 3. The number of amides is 1. The standard InChI is InChI=1S/C33H45FN4O6P2/c1-22-23(2)32(35-24(3)39)33(42-18-10-6-4-5-7-13-28(40)16-17-31(41)44-46(34)45)43-30(22)21-38-20-29(36-37-38)27-15-14-25-11-8-9-12-26(25)19-27/h8-9,11-12,14-15,19-20,22-23,30,32-33H,4-7,10,13,16-18,21,45H2,1-3H3,(H,35,39). The van der Waals surface area contributed by atoms with Gasteiger partial charge in [0.2, 0.25) is 5.91 Å². The van der Waals surface area contributed by atoms with Crippen LogP contribution in [0.15, 0.2) is 48.7 Å². The second-order valence-electron chi connectivity index (χ2n) is 12.0. The average molecular weight is 675 g/mol. The van der Waals surface area contributed by atoms with E-state index in [4.69, 9.17) is 9.47 Å². The molecule has 1 N–H and O–H groups in total. The van der Waals surface area contributed by atoms with Crippen molar-refractivity contribution in [1.29, 1.82) is 0 Å². The van der Waals surface area contributed by atoms with Crippen molar-refractivity contribution in [3.05, 3.63) is 48.7 Å². The van der Waals surface area contributed by atoms with E-state index in [1.165, 1.54) is 12.3 Å². The summed E-state index contributed by atoms with van der Waals surface area (Å²) < 4.78 is 31.7. The van der Waals surface area contributed by atoms with Crippen LogP contribution in [0.5, 0.6) is 0 Å². The highest BCUT2D eigenvalue weighted by Crippen LogP contribution is 2.47. The van der Waals surface area contributed by atoms with Crippen LogP contribution in [0, 0.1) is 11.8 Å². The Bertz CT molecular complexity index is 1460. The number of aromatic nitrogens is 3. The molecule has 2 heterocycles. The monoisotopic (exact) mass is 674 g/mol. The number of rotatable bonds is 17. The average Bonchev–Trinajstić information content (AvgIpc) is 3.49. The third kappa shape index (κ3) is 10.9. The van der Waals surface area contributed by atoms with Gasteiger partial charge in [-0.1, -0.05) is 74.7 Å². The highest BCUT2D eigenvalue weighted by molar-refractivity contribution is 8.08. The van der Waals surface area contributed by atoms with Crippen molar-refractivity contribution in [2.24, 2.45) is 11.8 Å². The van der Waals surface area contributed by atoms with E-state index in [2.05, 4.69) is 64.3 Å². The van der Waals surface area contributed by atoms with E-state index in [9.17, 15) is 18.6 Å². The molecule has 2 aromatic carbocycles. The highest BCUT2D eigenvalue weighted by Gasteiger charge is 2.42. The Balaban J connectivity index is 1.23. The number of benzene rings is 2. The first-order valence-electron chi connectivity index (χ1n) is 16.0. The Labute approximate surface area is 273 Å². The molecule has 1 fully saturated rings. The Morgan fingerprint density at radius 1 is 1.00 bits per heavy atom. The van der Waals surface area contributed by atoms with Crippen LogP contribution >= 0.6 is 17.1 Å². The van der Waals surface area contributed by atoms with E-state index in [-0.39, 0.29) is 48.5 Å². The number of ether oxygens (including phenoxy) is 2. The number of unbranched alkanes of at least 4 members (excludes halogenated alkanes) is 4. The molecule has 4 rings (SSSR count). The lowest BCUT2D eigenvalue weighted by molar-refractivity contribution is -0.239. The zero-order valence-corrected chi connectivity index (χ0v) is 28.8. The van der Waals surface area contributed by atoms with Gasteiger partial charge < -0.3 is 19.3 Å². The zero-order valence-electron chi connectivity index (χ0n) is 26.8. The SMILES string of the molecule is CC(=O)NC1C(OCCCCCCCC(=O)CCC(=O)OP(F)P)OC(Cn2cc(-c3ccc4ccccc4c3)nn2)C(C)C1C. The number of hydrogen-bond acceptors (Lipinski definition) is 8. The van der Waals surface area contributed by atoms with E-state index in [1.807, 2.05) is 23.0 Å². The molecule has 250 valence electrons. The van der Waals surface area contributed by atoms with Gasteiger partial charge in [-0.3, -0.25) is 14.4 Å². The molecule has 0 radical (unpaired) electrons. The van der Waals surface area contributed by atoms with Crippen LogP contribution in [-0.4, -0.2) is 57.7 Å². The molecule has 0 saturated carbocycles. The van der Waals surface area contributed by atoms with Crippen LogP contribution < -0.4 is 5.32 Å². The van der Waals surface area contributed by atoms with Crippen molar-refractivity contribution < 1.29 is 32.6 Å². The van der Waals surface area contributed by atoms with Gasteiger partial charge >= 0.3 is 5.97 Å². The summed E-state index contributed by atoms with van der Waals surface area (Å²) in [7, 11) is -0.515. The van der Waals surface area contributed by atoms with Gasteiger partial charge in [-0.25, -0.2) is 4.68 Å². The number of hydrogen-bond donors (Lipinski definition) is 1. The number of nitrogens with one attached hydrogen (secondary N) is 1. The summed E-state index contributed by atoms with van der Waals surface area (Å²) in [6, 6.07) is 14.2. The molecule has 10 nitrogen and oxygen atoms in total. The molecule has 3 aromatic rings. The maximum atomic E-state index is 12.7. The van der Waals surface area contributed by atoms with Crippen molar-refractivity contribution >= 4 is 45.5 Å². The van der Waals surface area contributed by atoms with Gasteiger partial charge in [0.05, 0.1) is 31.3 Å². The van der Waals surface area contributed by atoms with Crippen LogP contribution in [0.4, 0.5) is 4.20 Å². The predicted molar refractivity (Wildman–Crippen MR) is 179 cm³/mol. The van der Waals surface area contributed by atoms with Gasteiger partial charge in [0.25, 0.3) is 8.15 Å². The molecular weight excluding hydrogens is 629 g/mol. The number of fused-ring (bicyclic) bond motifs is 1. The quantitative estimate of drug-likeness (QED) is 0.121. The van der Waals surface area contributed by atoms with Crippen LogP contribution in [0.1, 0.15) is 72.1 Å². The van der Waals surface area contributed by atoms with Crippen molar-refractivity contribution in [1.82, 2.24) is 20.3 Å². The molecule has 1 aromatic heterocycles. The molecule has 0 bridgehead atoms. The Morgan fingerprint density at radius 3 is 2.50 bits per heavy atom. The van der Waals surface area contributed by atoms with Crippen LogP contribution in [-0.2, 0) is 34.9 Å². The maximum Gasteiger partial charge on any atom is 0.311 e. The van der Waals surface area contributed by atoms with E-state index < -0.39 is 20.4 Å². The lowest BCUT2D eigenvalue weighted by Crippen LogP contribution is -2.58. The zero-order chi connectivity index (χ0) is 33.1. The smallest absolute Gasteiger partial charge is 0.311 e. The fourth-order valence-electron chi connectivity index (χ4n) is 5.80. The summed E-state index contributed by atoms with van der Waals surface area (Å²) in [4.78, 5) is 35.4. The minimum atomic E-state index is -2.32. The Hall–Kier alpha value is -2.84. The summed E-state index contributed by atoms with van der Waals surface area (Å²) in [5.41, 5.74) is 1.80. The predicted octanol–water partition coefficient (Wildman–Crippen LogP) is 6.92. The molecule has 1 aliphatic heterocycles. The van der Waals surface area contributed by atoms with Gasteiger partial charge in [-0.05, 0) is 50.4 Å². The van der Waals surface area contributed by atoms with Crippen molar-refractivity contribution in [2.75, 3.05) is 6.61 Å². The number of carbonyl (C=O) groups excluding carboxylic acids is 3. The molecule has 0 spiro atoms. The van der Waals surface area contributed by atoms with Gasteiger partial charge in [-0.2, -0.15) is 4.20 Å².